The van der Waals surface area contributed by atoms with Crippen molar-refractivity contribution in [1.82, 2.24) is 20.1 Å². The van der Waals surface area contributed by atoms with E-state index in [2.05, 4.69) is 29.2 Å². The second-order valence-corrected chi connectivity index (χ2v) is 8.27. The molecule has 0 bridgehead atoms. The maximum absolute atomic E-state index is 12.5. The van der Waals surface area contributed by atoms with Crippen LogP contribution in [0, 0.1) is 18.3 Å². The molecule has 0 aromatic carbocycles. The van der Waals surface area contributed by atoms with E-state index in [0.29, 0.717) is 30.3 Å². The maximum Gasteiger partial charge on any atom is 0.252 e. The summed E-state index contributed by atoms with van der Waals surface area (Å²) in [5.74, 6) is 1.03. The molecule has 0 unspecified atom stereocenters. The lowest BCUT2D eigenvalue weighted by atomic mass is 9.75. The molecule has 0 atom stereocenters. The highest BCUT2D eigenvalue weighted by Gasteiger charge is 2.35. The van der Waals surface area contributed by atoms with Gasteiger partial charge in [0.15, 0.2) is 11.6 Å². The largest absolute Gasteiger partial charge is 0.352 e. The second-order valence-electron chi connectivity index (χ2n) is 8.27. The van der Waals surface area contributed by atoms with Crippen molar-refractivity contribution in [3.8, 4) is 5.82 Å². The van der Waals surface area contributed by atoms with Gasteiger partial charge in [0, 0.05) is 19.2 Å². The molecular weight excluding hydrogens is 328 g/mol. The normalized spacial score (nSPS) is 15.8. The summed E-state index contributed by atoms with van der Waals surface area (Å²) in [6.45, 7) is 10.8. The van der Waals surface area contributed by atoms with Gasteiger partial charge in [-0.3, -0.25) is 9.59 Å². The molecule has 1 aliphatic carbocycles. The van der Waals surface area contributed by atoms with Gasteiger partial charge in [-0.25, -0.2) is 9.67 Å². The van der Waals surface area contributed by atoms with Gasteiger partial charge in [-0.15, -0.1) is 0 Å². The van der Waals surface area contributed by atoms with Crippen molar-refractivity contribution in [2.75, 3.05) is 6.54 Å². The second kappa shape index (κ2) is 6.67. The SMILES string of the molecule is Cc1nn(-c2ccc(C(=O)NCC(C)C)cn2)c2c1C(=O)CC(C)(C)C2. The molecule has 0 spiro atoms. The molecule has 0 radical (unpaired) electrons. The van der Waals surface area contributed by atoms with Crippen molar-refractivity contribution >= 4 is 11.7 Å². The van der Waals surface area contributed by atoms with Crippen molar-refractivity contribution in [1.29, 1.82) is 0 Å². The predicted octanol–water partition coefficient (Wildman–Crippen LogP) is 3.12. The van der Waals surface area contributed by atoms with Gasteiger partial charge in [0.2, 0.25) is 0 Å². The quantitative estimate of drug-likeness (QED) is 0.915. The fraction of sp³-hybridized carbons (Fsp3) is 0.500. The van der Waals surface area contributed by atoms with Crippen molar-refractivity contribution in [2.24, 2.45) is 11.3 Å². The highest BCUT2D eigenvalue weighted by atomic mass is 16.1. The summed E-state index contributed by atoms with van der Waals surface area (Å²) in [5.41, 5.74) is 2.80. The average Bonchev–Trinajstić information content (AvgIpc) is 2.88. The zero-order chi connectivity index (χ0) is 19.1. The molecule has 2 aromatic rings. The minimum absolute atomic E-state index is 0.0923. The average molecular weight is 354 g/mol. The maximum atomic E-state index is 12.5. The summed E-state index contributed by atoms with van der Waals surface area (Å²) in [5, 5.41) is 7.43. The number of ketones is 1. The Hall–Kier alpha value is -2.50. The number of aromatic nitrogens is 3. The third-order valence-corrected chi connectivity index (χ3v) is 4.62. The Morgan fingerprint density at radius 1 is 1.31 bits per heavy atom. The molecular formula is C20H26N4O2. The number of rotatable bonds is 4. The van der Waals surface area contributed by atoms with Gasteiger partial charge in [0.1, 0.15) is 0 Å². The van der Waals surface area contributed by atoms with E-state index in [4.69, 9.17) is 0 Å². The van der Waals surface area contributed by atoms with Crippen LogP contribution < -0.4 is 5.32 Å². The number of carbonyl (C=O) groups excluding carboxylic acids is 2. The van der Waals surface area contributed by atoms with Crippen LogP contribution >= 0.6 is 0 Å². The molecule has 0 saturated carbocycles. The first-order chi connectivity index (χ1) is 12.2. The van der Waals surface area contributed by atoms with Crippen molar-refractivity contribution < 1.29 is 9.59 Å². The Bertz CT molecular complexity index is 847. The molecule has 0 saturated heterocycles. The molecule has 1 aliphatic rings. The Morgan fingerprint density at radius 2 is 2.04 bits per heavy atom. The number of hydrogen-bond donors (Lipinski definition) is 1. The number of aryl methyl sites for hydroxylation is 1. The van der Waals surface area contributed by atoms with Crippen LogP contribution in [-0.4, -0.2) is 33.0 Å². The minimum atomic E-state index is -0.132. The monoisotopic (exact) mass is 354 g/mol. The Balaban J connectivity index is 1.90. The molecule has 138 valence electrons. The Morgan fingerprint density at radius 3 is 2.65 bits per heavy atom. The van der Waals surface area contributed by atoms with E-state index in [-0.39, 0.29) is 17.1 Å². The molecule has 6 nitrogen and oxygen atoms in total. The van der Waals surface area contributed by atoms with E-state index in [1.54, 1.807) is 23.0 Å². The molecule has 6 heteroatoms. The fourth-order valence-corrected chi connectivity index (χ4v) is 3.37. The molecule has 0 fully saturated rings. The molecule has 1 N–H and O–H groups in total. The molecule has 3 rings (SSSR count). The van der Waals surface area contributed by atoms with Gasteiger partial charge in [0.25, 0.3) is 5.91 Å². The predicted molar refractivity (Wildman–Crippen MR) is 99.7 cm³/mol. The van der Waals surface area contributed by atoms with E-state index >= 15 is 0 Å². The van der Waals surface area contributed by atoms with Crippen LogP contribution in [0.1, 0.15) is 66.2 Å². The highest BCUT2D eigenvalue weighted by molar-refractivity contribution is 6.00. The van der Waals surface area contributed by atoms with Crippen LogP contribution in [0.25, 0.3) is 5.82 Å². The number of nitrogens with zero attached hydrogens (tertiary/aromatic N) is 3. The van der Waals surface area contributed by atoms with Gasteiger partial charge in [-0.05, 0) is 36.8 Å². The van der Waals surface area contributed by atoms with Crippen LogP contribution in [0.2, 0.25) is 0 Å². The van der Waals surface area contributed by atoms with E-state index < -0.39 is 0 Å². The third-order valence-electron chi connectivity index (χ3n) is 4.62. The van der Waals surface area contributed by atoms with Crippen LogP contribution in [0.4, 0.5) is 0 Å². The van der Waals surface area contributed by atoms with E-state index in [1.807, 2.05) is 20.8 Å². The molecule has 26 heavy (non-hydrogen) atoms. The summed E-state index contributed by atoms with van der Waals surface area (Å²) in [4.78, 5) is 29.1. The lowest BCUT2D eigenvalue weighted by molar-refractivity contribution is 0.0908. The number of hydrogen-bond acceptors (Lipinski definition) is 4. The lowest BCUT2D eigenvalue weighted by Gasteiger charge is -2.29. The van der Waals surface area contributed by atoms with E-state index in [1.165, 1.54) is 0 Å². The van der Waals surface area contributed by atoms with E-state index in [9.17, 15) is 9.59 Å². The minimum Gasteiger partial charge on any atom is -0.352 e. The highest BCUT2D eigenvalue weighted by Crippen LogP contribution is 2.36. The van der Waals surface area contributed by atoms with Gasteiger partial charge in [-0.1, -0.05) is 27.7 Å². The van der Waals surface area contributed by atoms with Crippen molar-refractivity contribution in [3.05, 3.63) is 40.8 Å². The molecule has 2 heterocycles. The zero-order valence-corrected chi connectivity index (χ0v) is 16.1. The number of carbonyl (C=O) groups is 2. The fourth-order valence-electron chi connectivity index (χ4n) is 3.37. The van der Waals surface area contributed by atoms with E-state index in [0.717, 1.165) is 23.4 Å². The standard InChI is InChI=1S/C20H26N4O2/c1-12(2)10-22-19(26)14-6-7-17(21-11-14)24-15-8-20(4,5)9-16(25)18(15)13(3)23-24/h6-7,11-12H,8-10H2,1-5H3,(H,22,26). The van der Waals surface area contributed by atoms with Gasteiger partial charge >= 0.3 is 0 Å². The number of Topliss-reactive ketones (excluding diaryl/α,β-unsaturated/α-hetero) is 1. The smallest absolute Gasteiger partial charge is 0.252 e. The van der Waals surface area contributed by atoms with Crippen LogP contribution in [-0.2, 0) is 6.42 Å². The first-order valence-electron chi connectivity index (χ1n) is 9.04. The summed E-state index contributed by atoms with van der Waals surface area (Å²) >= 11 is 0. The van der Waals surface area contributed by atoms with Crippen molar-refractivity contribution in [3.63, 3.8) is 0 Å². The zero-order valence-electron chi connectivity index (χ0n) is 16.1. The molecule has 0 aliphatic heterocycles. The number of fused-ring (bicyclic) bond motifs is 1. The van der Waals surface area contributed by atoms with Gasteiger partial charge in [0.05, 0.1) is 22.5 Å². The lowest BCUT2D eigenvalue weighted by Crippen LogP contribution is -2.28. The van der Waals surface area contributed by atoms with Gasteiger partial charge in [-0.2, -0.15) is 5.10 Å². The van der Waals surface area contributed by atoms with Crippen LogP contribution in [0.5, 0.6) is 0 Å². The first kappa shape index (κ1) is 18.3. The Labute approximate surface area is 154 Å². The summed E-state index contributed by atoms with van der Waals surface area (Å²) in [6.07, 6.45) is 2.87. The Kier molecular flexibility index (Phi) is 4.69. The third kappa shape index (κ3) is 3.54. The number of amides is 1. The first-order valence-corrected chi connectivity index (χ1v) is 9.04. The van der Waals surface area contributed by atoms with Crippen molar-refractivity contribution in [2.45, 2.75) is 47.5 Å². The summed E-state index contributed by atoms with van der Waals surface area (Å²) < 4.78 is 1.75. The summed E-state index contributed by atoms with van der Waals surface area (Å²) in [7, 11) is 0. The van der Waals surface area contributed by atoms with Gasteiger partial charge < -0.3 is 5.32 Å². The molecule has 2 aromatic heterocycles. The van der Waals surface area contributed by atoms with Crippen LogP contribution in [0.3, 0.4) is 0 Å². The number of pyridine rings is 1. The van der Waals surface area contributed by atoms with Crippen LogP contribution in [0.15, 0.2) is 18.3 Å². The topological polar surface area (TPSA) is 76.9 Å². The summed E-state index contributed by atoms with van der Waals surface area (Å²) in [6, 6.07) is 3.53. The molecule has 1 amide bonds. The number of nitrogens with one attached hydrogen (secondary N) is 1.